The van der Waals surface area contributed by atoms with Crippen molar-refractivity contribution in [3.63, 3.8) is 0 Å². The van der Waals surface area contributed by atoms with Crippen molar-refractivity contribution in [2.75, 3.05) is 7.05 Å². The highest BCUT2D eigenvalue weighted by atomic mass is 35.5. The summed E-state index contributed by atoms with van der Waals surface area (Å²) >= 11 is 5.77. The molecule has 0 aliphatic rings. The number of pyridine rings is 1. The van der Waals surface area contributed by atoms with E-state index in [0.717, 1.165) is 17.9 Å². The number of nitrogens with one attached hydrogen (secondary N) is 2. The van der Waals surface area contributed by atoms with Crippen molar-refractivity contribution in [2.24, 2.45) is 10.4 Å². The molecule has 0 aliphatic heterocycles. The van der Waals surface area contributed by atoms with Gasteiger partial charge in [-0.3, -0.25) is 4.99 Å². The van der Waals surface area contributed by atoms with Crippen LogP contribution in [0.4, 0.5) is 0 Å². The maximum absolute atomic E-state index is 5.77. The van der Waals surface area contributed by atoms with Gasteiger partial charge in [0.1, 0.15) is 5.15 Å². The van der Waals surface area contributed by atoms with Crippen LogP contribution in [0.3, 0.4) is 0 Å². The minimum atomic E-state index is 0.363. The van der Waals surface area contributed by atoms with E-state index in [0.29, 0.717) is 23.2 Å². The minimum Gasteiger partial charge on any atom is -0.354 e. The van der Waals surface area contributed by atoms with E-state index in [1.165, 1.54) is 6.42 Å². The molecule has 1 aromatic rings. The van der Waals surface area contributed by atoms with Gasteiger partial charge in [0.25, 0.3) is 0 Å². The van der Waals surface area contributed by atoms with Crippen molar-refractivity contribution < 1.29 is 0 Å². The molecule has 1 rings (SSSR count). The van der Waals surface area contributed by atoms with E-state index in [1.54, 1.807) is 19.3 Å². The van der Waals surface area contributed by atoms with Gasteiger partial charge in [-0.25, -0.2) is 4.98 Å². The standard InChI is InChI=1S/C16H27ClN4/c1-12(8-9-16(2,3)4)21-15(18-5)20-11-13-6-7-14(17)19-10-13/h6-7,10,12H,8-9,11H2,1-5H3,(H2,18,20,21). The van der Waals surface area contributed by atoms with Crippen LogP contribution in [-0.4, -0.2) is 24.0 Å². The van der Waals surface area contributed by atoms with Gasteiger partial charge in [-0.1, -0.05) is 38.4 Å². The van der Waals surface area contributed by atoms with Crippen LogP contribution in [0.15, 0.2) is 23.3 Å². The molecule has 118 valence electrons. The van der Waals surface area contributed by atoms with Gasteiger partial charge in [0, 0.05) is 25.8 Å². The fraction of sp³-hybridized carbons (Fsp3) is 0.625. The summed E-state index contributed by atoms with van der Waals surface area (Å²) in [6.07, 6.45) is 4.07. The number of aromatic nitrogens is 1. The van der Waals surface area contributed by atoms with Crippen LogP contribution in [-0.2, 0) is 6.54 Å². The van der Waals surface area contributed by atoms with Crippen molar-refractivity contribution in [1.82, 2.24) is 15.6 Å². The second kappa shape index (κ2) is 8.23. The first-order chi connectivity index (χ1) is 9.80. The highest BCUT2D eigenvalue weighted by Crippen LogP contribution is 2.21. The van der Waals surface area contributed by atoms with Gasteiger partial charge < -0.3 is 10.6 Å². The number of guanidine groups is 1. The third-order valence-electron chi connectivity index (χ3n) is 3.18. The Kier molecular flexibility index (Phi) is 6.96. The Labute approximate surface area is 133 Å². The molecule has 0 fully saturated rings. The number of aliphatic imine (C=N–C) groups is 1. The average Bonchev–Trinajstić information content (AvgIpc) is 2.42. The van der Waals surface area contributed by atoms with Crippen LogP contribution in [0.5, 0.6) is 0 Å². The van der Waals surface area contributed by atoms with Crippen molar-refractivity contribution in [3.8, 4) is 0 Å². The number of nitrogens with zero attached hydrogens (tertiary/aromatic N) is 2. The second-order valence-electron chi connectivity index (χ2n) is 6.56. The lowest BCUT2D eigenvalue weighted by molar-refractivity contribution is 0.346. The zero-order valence-corrected chi connectivity index (χ0v) is 14.5. The molecule has 4 nitrogen and oxygen atoms in total. The molecule has 0 aromatic carbocycles. The predicted octanol–water partition coefficient (Wildman–Crippen LogP) is 3.61. The van der Waals surface area contributed by atoms with Crippen LogP contribution in [0.25, 0.3) is 0 Å². The lowest BCUT2D eigenvalue weighted by atomic mass is 9.89. The number of hydrogen-bond donors (Lipinski definition) is 2. The Morgan fingerprint density at radius 2 is 2.10 bits per heavy atom. The molecule has 0 bridgehead atoms. The van der Waals surface area contributed by atoms with Gasteiger partial charge in [-0.05, 0) is 36.8 Å². The molecule has 0 saturated carbocycles. The first-order valence-corrected chi connectivity index (χ1v) is 7.75. The van der Waals surface area contributed by atoms with E-state index >= 15 is 0 Å². The smallest absolute Gasteiger partial charge is 0.191 e. The molecule has 1 heterocycles. The highest BCUT2D eigenvalue weighted by molar-refractivity contribution is 6.29. The summed E-state index contributed by atoms with van der Waals surface area (Å²) in [4.78, 5) is 8.32. The SMILES string of the molecule is CN=C(NCc1ccc(Cl)nc1)NC(C)CCC(C)(C)C. The predicted molar refractivity (Wildman–Crippen MR) is 90.7 cm³/mol. The Morgan fingerprint density at radius 1 is 1.38 bits per heavy atom. The van der Waals surface area contributed by atoms with Crippen LogP contribution < -0.4 is 10.6 Å². The molecule has 2 N–H and O–H groups in total. The van der Waals surface area contributed by atoms with Crippen LogP contribution in [0, 0.1) is 5.41 Å². The first-order valence-electron chi connectivity index (χ1n) is 7.38. The Bertz CT molecular complexity index is 448. The molecule has 1 aromatic heterocycles. The zero-order valence-electron chi connectivity index (χ0n) is 13.7. The summed E-state index contributed by atoms with van der Waals surface area (Å²) in [6.45, 7) is 9.65. The van der Waals surface area contributed by atoms with Gasteiger partial charge in [0.2, 0.25) is 0 Å². The third-order valence-corrected chi connectivity index (χ3v) is 3.41. The Hall–Kier alpha value is -1.29. The quantitative estimate of drug-likeness (QED) is 0.496. The van der Waals surface area contributed by atoms with E-state index in [9.17, 15) is 0 Å². The summed E-state index contributed by atoms with van der Waals surface area (Å²) in [5.74, 6) is 0.811. The topological polar surface area (TPSA) is 49.3 Å². The maximum atomic E-state index is 5.77. The zero-order chi connectivity index (χ0) is 15.9. The largest absolute Gasteiger partial charge is 0.354 e. The van der Waals surface area contributed by atoms with Gasteiger partial charge in [0.15, 0.2) is 5.96 Å². The fourth-order valence-corrected chi connectivity index (χ4v) is 1.96. The first kappa shape index (κ1) is 17.8. The minimum absolute atomic E-state index is 0.363. The monoisotopic (exact) mass is 310 g/mol. The molecule has 1 atom stereocenters. The molecule has 0 spiro atoms. The molecular formula is C16H27ClN4. The molecule has 0 radical (unpaired) electrons. The summed E-state index contributed by atoms with van der Waals surface area (Å²) < 4.78 is 0. The second-order valence-corrected chi connectivity index (χ2v) is 6.95. The van der Waals surface area contributed by atoms with Gasteiger partial charge >= 0.3 is 0 Å². The number of hydrogen-bond acceptors (Lipinski definition) is 2. The van der Waals surface area contributed by atoms with E-state index in [2.05, 4.69) is 48.3 Å². The summed E-state index contributed by atoms with van der Waals surface area (Å²) in [5.41, 5.74) is 1.44. The molecule has 0 saturated heterocycles. The number of rotatable bonds is 5. The Balaban J connectivity index is 2.39. The van der Waals surface area contributed by atoms with Crippen LogP contribution in [0.2, 0.25) is 5.15 Å². The van der Waals surface area contributed by atoms with Crippen LogP contribution >= 0.6 is 11.6 Å². The highest BCUT2D eigenvalue weighted by Gasteiger charge is 2.13. The van der Waals surface area contributed by atoms with Crippen molar-refractivity contribution >= 4 is 17.6 Å². The lowest BCUT2D eigenvalue weighted by Gasteiger charge is -2.23. The lowest BCUT2D eigenvalue weighted by Crippen LogP contribution is -2.42. The third kappa shape index (κ3) is 7.90. The van der Waals surface area contributed by atoms with Crippen molar-refractivity contribution in [3.05, 3.63) is 29.0 Å². The molecule has 21 heavy (non-hydrogen) atoms. The normalized spacial score (nSPS) is 13.9. The molecule has 1 unspecified atom stereocenters. The Morgan fingerprint density at radius 3 is 2.62 bits per heavy atom. The van der Waals surface area contributed by atoms with Gasteiger partial charge in [-0.15, -0.1) is 0 Å². The van der Waals surface area contributed by atoms with E-state index in [1.807, 2.05) is 6.07 Å². The van der Waals surface area contributed by atoms with Crippen LogP contribution in [0.1, 0.15) is 46.1 Å². The van der Waals surface area contributed by atoms with E-state index < -0.39 is 0 Å². The summed E-state index contributed by atoms with van der Waals surface area (Å²) in [5, 5.41) is 7.21. The van der Waals surface area contributed by atoms with Gasteiger partial charge in [-0.2, -0.15) is 0 Å². The number of halogens is 1. The van der Waals surface area contributed by atoms with E-state index in [4.69, 9.17) is 11.6 Å². The maximum Gasteiger partial charge on any atom is 0.191 e. The summed E-state index contributed by atoms with van der Waals surface area (Å²) in [6, 6.07) is 4.14. The fourth-order valence-electron chi connectivity index (χ4n) is 1.85. The molecule has 5 heteroatoms. The molecular weight excluding hydrogens is 284 g/mol. The van der Waals surface area contributed by atoms with E-state index in [-0.39, 0.29) is 0 Å². The van der Waals surface area contributed by atoms with Gasteiger partial charge in [0.05, 0.1) is 0 Å². The summed E-state index contributed by atoms with van der Waals surface area (Å²) in [7, 11) is 1.78. The van der Waals surface area contributed by atoms with Crippen molar-refractivity contribution in [2.45, 2.75) is 53.1 Å². The average molecular weight is 311 g/mol. The molecule has 0 amide bonds. The molecule has 0 aliphatic carbocycles. The van der Waals surface area contributed by atoms with Crippen molar-refractivity contribution in [1.29, 1.82) is 0 Å².